The predicted octanol–water partition coefficient (Wildman–Crippen LogP) is 0.823. The van der Waals surface area contributed by atoms with Gasteiger partial charge in [-0.2, -0.15) is 0 Å². The van der Waals surface area contributed by atoms with E-state index >= 15 is 0 Å². The van der Waals surface area contributed by atoms with Crippen molar-refractivity contribution in [3.8, 4) is 0 Å². The molecule has 2 aliphatic heterocycles. The standard InChI is InChI=1S/C15H10BrClN2O6/c1-6(20)15(16,14(24)25)19-10(17)9(13(19)23)18-11(21)7-4-2-3-5-8(7)12(18)22/h2-5,9-10H,1H3,(H,24,25)/t9-,10+,15-/m1/s1. The van der Waals surface area contributed by atoms with E-state index in [1.807, 2.05) is 0 Å². The average molecular weight is 430 g/mol. The Kier molecular flexibility index (Phi) is 3.96. The van der Waals surface area contributed by atoms with E-state index in [1.54, 1.807) is 12.1 Å². The highest BCUT2D eigenvalue weighted by Crippen LogP contribution is 2.41. The van der Waals surface area contributed by atoms with E-state index in [0.29, 0.717) is 9.80 Å². The number of carboxylic acid groups (broad SMARTS) is 1. The van der Waals surface area contributed by atoms with Crippen molar-refractivity contribution >= 4 is 57.0 Å². The fraction of sp³-hybridized carbons (Fsp3) is 0.267. The molecule has 3 amide bonds. The number of alkyl halides is 2. The molecule has 8 nitrogen and oxygen atoms in total. The lowest BCUT2D eigenvalue weighted by atomic mass is 9.99. The normalized spacial score (nSPS) is 24.7. The van der Waals surface area contributed by atoms with Gasteiger partial charge in [-0.05, 0) is 35.0 Å². The van der Waals surface area contributed by atoms with Crippen molar-refractivity contribution in [2.24, 2.45) is 0 Å². The van der Waals surface area contributed by atoms with Crippen molar-refractivity contribution in [2.75, 3.05) is 0 Å². The molecule has 0 saturated carbocycles. The van der Waals surface area contributed by atoms with Crippen LogP contribution in [0.5, 0.6) is 0 Å². The maximum atomic E-state index is 12.5. The predicted molar refractivity (Wildman–Crippen MR) is 87.2 cm³/mol. The average Bonchev–Trinajstić information content (AvgIpc) is 2.80. The number of carbonyl (C=O) groups excluding carboxylic acids is 4. The number of halogens is 2. The van der Waals surface area contributed by atoms with E-state index in [2.05, 4.69) is 15.9 Å². The SMILES string of the molecule is CC(=O)[C@](Br)(C(=O)O)N1C(=O)[C@H](N2C(=O)c3ccccc3C2=O)[C@H]1Cl. The third-order valence-electron chi connectivity index (χ3n) is 4.18. The van der Waals surface area contributed by atoms with Crippen LogP contribution < -0.4 is 0 Å². The van der Waals surface area contributed by atoms with Gasteiger partial charge in [0.1, 0.15) is 5.50 Å². The van der Waals surface area contributed by atoms with Crippen molar-refractivity contribution < 1.29 is 29.1 Å². The molecule has 3 atom stereocenters. The number of amides is 3. The van der Waals surface area contributed by atoms with Crippen molar-refractivity contribution in [1.29, 1.82) is 0 Å². The quantitative estimate of drug-likeness (QED) is 0.249. The lowest BCUT2D eigenvalue weighted by Crippen LogP contribution is -2.76. The molecule has 1 aromatic carbocycles. The molecule has 25 heavy (non-hydrogen) atoms. The van der Waals surface area contributed by atoms with E-state index in [9.17, 15) is 29.1 Å². The molecule has 0 aromatic heterocycles. The van der Waals surface area contributed by atoms with Gasteiger partial charge in [0.2, 0.25) is 0 Å². The topological polar surface area (TPSA) is 112 Å². The van der Waals surface area contributed by atoms with Crippen LogP contribution >= 0.6 is 27.5 Å². The largest absolute Gasteiger partial charge is 0.478 e. The van der Waals surface area contributed by atoms with Gasteiger partial charge < -0.3 is 5.11 Å². The number of carbonyl (C=O) groups is 5. The summed E-state index contributed by atoms with van der Waals surface area (Å²) < 4.78 is -2.36. The van der Waals surface area contributed by atoms with Gasteiger partial charge in [-0.1, -0.05) is 23.7 Å². The third-order valence-corrected chi connectivity index (χ3v) is 5.90. The summed E-state index contributed by atoms with van der Waals surface area (Å²) >= 11 is 8.87. The monoisotopic (exact) mass is 428 g/mol. The van der Waals surface area contributed by atoms with Gasteiger partial charge in [0.25, 0.3) is 22.2 Å². The fourth-order valence-corrected chi connectivity index (χ4v) is 3.86. The molecule has 1 N–H and O–H groups in total. The summed E-state index contributed by atoms with van der Waals surface area (Å²) in [6.45, 7) is 0.981. The Bertz CT molecular complexity index is 807. The molecule has 2 aliphatic rings. The fourth-order valence-electron chi connectivity index (χ4n) is 2.88. The van der Waals surface area contributed by atoms with Crippen LogP contribution in [0.2, 0.25) is 0 Å². The van der Waals surface area contributed by atoms with Crippen LogP contribution in [0.25, 0.3) is 0 Å². The zero-order valence-corrected chi connectivity index (χ0v) is 14.9. The van der Waals surface area contributed by atoms with Gasteiger partial charge in [0, 0.05) is 0 Å². The molecule has 10 heteroatoms. The van der Waals surface area contributed by atoms with Gasteiger partial charge in [0.05, 0.1) is 11.1 Å². The smallest absolute Gasteiger partial charge is 0.348 e. The lowest BCUT2D eigenvalue weighted by molar-refractivity contribution is -0.169. The van der Waals surface area contributed by atoms with E-state index in [1.165, 1.54) is 12.1 Å². The van der Waals surface area contributed by atoms with Gasteiger partial charge in [-0.3, -0.25) is 29.0 Å². The van der Waals surface area contributed by atoms with Crippen LogP contribution in [0.15, 0.2) is 24.3 Å². The van der Waals surface area contributed by atoms with Crippen LogP contribution in [-0.2, 0) is 14.4 Å². The molecule has 3 rings (SSSR count). The maximum absolute atomic E-state index is 12.5. The Labute approximate surface area is 154 Å². The van der Waals surface area contributed by atoms with Crippen LogP contribution in [0.1, 0.15) is 27.6 Å². The summed E-state index contributed by atoms with van der Waals surface area (Å²) in [4.78, 5) is 61.9. The minimum absolute atomic E-state index is 0.137. The molecule has 1 saturated heterocycles. The number of carboxylic acids is 1. The molecule has 0 bridgehead atoms. The molecular formula is C15H10BrClN2O6. The first-order valence-corrected chi connectivity index (χ1v) is 8.24. The zero-order chi connectivity index (χ0) is 18.7. The summed E-state index contributed by atoms with van der Waals surface area (Å²) in [5.74, 6) is -4.80. The minimum Gasteiger partial charge on any atom is -0.478 e. The minimum atomic E-state index is -2.36. The first-order chi connectivity index (χ1) is 11.6. The second-order valence-corrected chi connectivity index (χ2v) is 7.13. The first kappa shape index (κ1) is 17.6. The number of Topliss-reactive ketones (excluding diaryl/α,β-unsaturated/α-hetero) is 1. The molecule has 0 aliphatic carbocycles. The molecule has 1 aromatic rings. The highest BCUT2D eigenvalue weighted by atomic mass is 79.9. The second-order valence-electron chi connectivity index (χ2n) is 5.54. The molecule has 0 spiro atoms. The Morgan fingerprint density at radius 1 is 1.16 bits per heavy atom. The summed E-state index contributed by atoms with van der Waals surface area (Å²) in [6.07, 6.45) is 0. The van der Waals surface area contributed by atoms with E-state index in [-0.39, 0.29) is 11.1 Å². The summed E-state index contributed by atoms with van der Waals surface area (Å²) in [6, 6.07) is 4.65. The van der Waals surface area contributed by atoms with Crippen molar-refractivity contribution in [1.82, 2.24) is 9.80 Å². The van der Waals surface area contributed by atoms with Crippen molar-refractivity contribution in [3.05, 3.63) is 35.4 Å². The van der Waals surface area contributed by atoms with E-state index < -0.39 is 45.5 Å². The zero-order valence-electron chi connectivity index (χ0n) is 12.6. The summed E-state index contributed by atoms with van der Waals surface area (Å²) in [7, 11) is 0. The highest BCUT2D eigenvalue weighted by Gasteiger charge is 2.65. The number of ketones is 1. The summed E-state index contributed by atoms with van der Waals surface area (Å²) in [5.41, 5.74) is -1.09. The number of benzene rings is 1. The van der Waals surface area contributed by atoms with Crippen LogP contribution in [0.4, 0.5) is 0 Å². The number of aliphatic carboxylic acids is 1. The molecule has 130 valence electrons. The van der Waals surface area contributed by atoms with Gasteiger partial charge in [0.15, 0.2) is 11.8 Å². The Balaban J connectivity index is 1.95. The van der Waals surface area contributed by atoms with E-state index in [0.717, 1.165) is 6.92 Å². The molecule has 0 radical (unpaired) electrons. The maximum Gasteiger partial charge on any atom is 0.348 e. The van der Waals surface area contributed by atoms with Gasteiger partial charge in [-0.25, -0.2) is 4.79 Å². The number of hydrogen-bond donors (Lipinski definition) is 1. The Morgan fingerprint density at radius 2 is 1.64 bits per heavy atom. The number of β-lactam (4-membered cyclic amide) rings is 1. The Hall–Kier alpha value is -2.26. The third kappa shape index (κ3) is 2.15. The van der Waals surface area contributed by atoms with Crippen LogP contribution in [-0.4, -0.2) is 60.4 Å². The number of hydrogen-bond acceptors (Lipinski definition) is 5. The van der Waals surface area contributed by atoms with E-state index in [4.69, 9.17) is 11.6 Å². The molecule has 0 unspecified atom stereocenters. The van der Waals surface area contributed by atoms with Crippen molar-refractivity contribution in [2.45, 2.75) is 22.9 Å². The lowest BCUT2D eigenvalue weighted by Gasteiger charge is -2.50. The van der Waals surface area contributed by atoms with Gasteiger partial charge in [-0.15, -0.1) is 0 Å². The Morgan fingerprint density at radius 3 is 2.00 bits per heavy atom. The first-order valence-electron chi connectivity index (χ1n) is 7.01. The molecule has 1 fully saturated rings. The second kappa shape index (κ2) is 5.63. The number of fused-ring (bicyclic) bond motifs is 1. The molecular weight excluding hydrogens is 420 g/mol. The van der Waals surface area contributed by atoms with Crippen molar-refractivity contribution in [3.63, 3.8) is 0 Å². The molecule has 2 heterocycles. The summed E-state index contributed by atoms with van der Waals surface area (Å²) in [5, 5.41) is 9.30. The number of likely N-dealkylation sites (tertiary alicyclic amines) is 1. The number of imide groups is 1. The van der Waals surface area contributed by atoms with Gasteiger partial charge >= 0.3 is 5.97 Å². The highest BCUT2D eigenvalue weighted by molar-refractivity contribution is 9.10. The number of rotatable bonds is 4. The number of nitrogens with zero attached hydrogens (tertiary/aromatic N) is 2. The van der Waals surface area contributed by atoms with Crippen LogP contribution in [0.3, 0.4) is 0 Å². The van der Waals surface area contributed by atoms with Crippen LogP contribution in [0, 0.1) is 0 Å².